The van der Waals surface area contributed by atoms with Gasteiger partial charge in [-0.15, -0.1) is 0 Å². The van der Waals surface area contributed by atoms with Crippen LogP contribution in [0.2, 0.25) is 0 Å². The predicted molar refractivity (Wildman–Crippen MR) is 281 cm³/mol. The molecule has 22 atom stereocenters. The zero-order valence-electron chi connectivity index (χ0n) is 48.2. The number of nitrogens with one attached hydrogen (secondary N) is 2. The van der Waals surface area contributed by atoms with E-state index >= 15 is 0 Å². The van der Waals surface area contributed by atoms with E-state index in [1.165, 1.54) is 26.2 Å². The third kappa shape index (κ3) is 6.71. The Labute approximate surface area is 439 Å². The highest BCUT2D eigenvalue weighted by molar-refractivity contribution is 5.93. The first-order valence-electron chi connectivity index (χ1n) is 29.3. The summed E-state index contributed by atoms with van der Waals surface area (Å²) in [7, 11) is 6.14. The third-order valence-corrected chi connectivity index (χ3v) is 27.0. The molecule has 0 aromatic carbocycles. The molecule has 10 aliphatic carbocycles. The largest absolute Gasteiger partial charge is 0.465 e. The van der Waals surface area contributed by atoms with Crippen LogP contribution in [0.25, 0.3) is 0 Å². The van der Waals surface area contributed by atoms with E-state index in [2.05, 4.69) is 91.9 Å². The molecule has 0 bridgehead atoms. The van der Waals surface area contributed by atoms with Gasteiger partial charge in [-0.05, 0) is 173 Å². The van der Waals surface area contributed by atoms with E-state index in [0.29, 0.717) is 60.9 Å². The van der Waals surface area contributed by atoms with E-state index in [1.807, 2.05) is 25.8 Å². The maximum absolute atomic E-state index is 14.7. The summed E-state index contributed by atoms with van der Waals surface area (Å²) in [5.41, 5.74) is -0.887. The highest BCUT2D eigenvalue weighted by Crippen LogP contribution is 2.90. The van der Waals surface area contributed by atoms with Crippen molar-refractivity contribution in [1.82, 2.24) is 20.4 Å². The molecular formula is C61H98N4O8. The van der Waals surface area contributed by atoms with Gasteiger partial charge in [0, 0.05) is 91.4 Å². The Morgan fingerprint density at radius 3 is 1.84 bits per heavy atom. The average molecular weight is 1020 g/mol. The highest BCUT2D eigenvalue weighted by Gasteiger charge is 2.88. The van der Waals surface area contributed by atoms with Crippen LogP contribution in [-0.2, 0) is 33.4 Å². The molecule has 10 saturated carbocycles. The van der Waals surface area contributed by atoms with Crippen LogP contribution in [0.4, 0.5) is 0 Å². The molecule has 11 aliphatic rings. The van der Waals surface area contributed by atoms with Crippen LogP contribution in [0.3, 0.4) is 0 Å². The first kappa shape index (κ1) is 54.0. The smallest absolute Gasteiger partial charge is 0.302 e. The van der Waals surface area contributed by atoms with Crippen molar-refractivity contribution in [3.8, 4) is 0 Å². The molecule has 8 unspecified atom stereocenters. The molecule has 2 amide bonds. The Balaban J connectivity index is 0.000000172. The van der Waals surface area contributed by atoms with E-state index in [0.717, 1.165) is 64.4 Å². The molecular weight excluding hydrogens is 917 g/mol. The maximum Gasteiger partial charge on any atom is 0.302 e. The van der Waals surface area contributed by atoms with Gasteiger partial charge in [-0.1, -0.05) is 62.3 Å². The molecule has 0 aromatic rings. The number of aliphatic hydroxyl groups excluding tert-OH is 1. The fourth-order valence-electron chi connectivity index (χ4n) is 23.2. The van der Waals surface area contributed by atoms with E-state index in [4.69, 9.17) is 9.47 Å². The Bertz CT molecular complexity index is 2310. The van der Waals surface area contributed by atoms with Crippen molar-refractivity contribution in [1.29, 1.82) is 0 Å². The summed E-state index contributed by atoms with van der Waals surface area (Å²) < 4.78 is 11.7. The molecule has 0 radical (unpaired) electrons. The molecule has 410 valence electrons. The highest BCUT2D eigenvalue weighted by atomic mass is 16.5. The Hall–Kier alpha value is -2.41. The number of fused-ring (bicyclic) bond motifs is 6. The minimum Gasteiger partial charge on any atom is -0.465 e. The number of hydrogen-bond donors (Lipinski definition) is 3. The quantitative estimate of drug-likeness (QED) is 0.201. The second-order valence-corrected chi connectivity index (χ2v) is 29.8. The van der Waals surface area contributed by atoms with Crippen LogP contribution in [-0.4, -0.2) is 116 Å². The van der Waals surface area contributed by atoms with Crippen LogP contribution < -0.4 is 10.6 Å². The van der Waals surface area contributed by atoms with Crippen LogP contribution >= 0.6 is 0 Å². The molecule has 4 spiro atoms. The van der Waals surface area contributed by atoms with Gasteiger partial charge in [-0.2, -0.15) is 0 Å². The molecule has 12 nitrogen and oxygen atoms in total. The SMILES string of the molecule is CC(=O)OC[C@@]1(C)C2CCC3[C@]4(C)C[C@@H](C)[C@H](C(C)N(C)C(C)=O)[C@@]4(C)CC(=O)[C@]34CC24CC[C@@H]1NC(=O)C(C)C.CC([C@H]1[C@H](O)C[C@@]2(C)C3CCC4C5(CC[C@@H]6NCOC[C@@]46C)C[C@@]35C(=O)C[C@]12C)N(C)C. The fraction of sp³-hybridized carbons (Fsp3) is 0.918. The number of Topliss-reactive ketones (excluding diaryl/α,β-unsaturated/α-hetero) is 2. The summed E-state index contributed by atoms with van der Waals surface area (Å²) in [5.74, 6) is 3.06. The normalized spacial score (nSPS) is 52.4. The summed E-state index contributed by atoms with van der Waals surface area (Å²) >= 11 is 0. The summed E-state index contributed by atoms with van der Waals surface area (Å²) in [6, 6.07) is 0.787. The lowest BCUT2D eigenvalue weighted by Crippen LogP contribution is -2.65. The van der Waals surface area contributed by atoms with Crippen LogP contribution in [0.1, 0.15) is 180 Å². The number of ketones is 2. The Kier molecular flexibility index (Phi) is 12.6. The van der Waals surface area contributed by atoms with Crippen LogP contribution in [0.5, 0.6) is 0 Å². The zero-order valence-corrected chi connectivity index (χ0v) is 48.2. The molecule has 0 aromatic heterocycles. The van der Waals surface area contributed by atoms with E-state index < -0.39 is 5.41 Å². The van der Waals surface area contributed by atoms with Gasteiger partial charge in [0.2, 0.25) is 11.8 Å². The maximum atomic E-state index is 14.7. The number of aliphatic hydroxyl groups is 1. The fourth-order valence-corrected chi connectivity index (χ4v) is 23.2. The summed E-state index contributed by atoms with van der Waals surface area (Å²) in [6.07, 6.45) is 13.3. The topological polar surface area (TPSA) is 155 Å². The Morgan fingerprint density at radius 1 is 0.740 bits per heavy atom. The first-order chi connectivity index (χ1) is 33.9. The van der Waals surface area contributed by atoms with Gasteiger partial charge in [-0.25, -0.2) is 0 Å². The minimum absolute atomic E-state index is 0.0142. The summed E-state index contributed by atoms with van der Waals surface area (Å²) in [5, 5.41) is 18.4. The monoisotopic (exact) mass is 1010 g/mol. The molecule has 73 heavy (non-hydrogen) atoms. The van der Waals surface area contributed by atoms with E-state index in [9.17, 15) is 29.1 Å². The number of rotatable bonds is 8. The lowest BCUT2D eigenvalue weighted by Gasteiger charge is -2.63. The van der Waals surface area contributed by atoms with Crippen molar-refractivity contribution >= 4 is 29.4 Å². The van der Waals surface area contributed by atoms with Gasteiger partial charge in [0.25, 0.3) is 0 Å². The second kappa shape index (κ2) is 17.0. The van der Waals surface area contributed by atoms with Gasteiger partial charge < -0.3 is 29.7 Å². The van der Waals surface area contributed by atoms with E-state index in [1.54, 1.807) is 6.92 Å². The third-order valence-electron chi connectivity index (χ3n) is 27.0. The van der Waals surface area contributed by atoms with Crippen LogP contribution in [0.15, 0.2) is 0 Å². The number of ether oxygens (including phenoxy) is 2. The molecule has 1 aliphatic heterocycles. The molecule has 3 N–H and O–H groups in total. The Morgan fingerprint density at radius 2 is 1.27 bits per heavy atom. The predicted octanol–water partition coefficient (Wildman–Crippen LogP) is 8.85. The van der Waals surface area contributed by atoms with Gasteiger partial charge >= 0.3 is 5.97 Å². The average Bonchev–Trinajstić information content (AvgIpc) is 4.16. The van der Waals surface area contributed by atoms with Crippen molar-refractivity contribution in [3.05, 3.63) is 0 Å². The van der Waals surface area contributed by atoms with Crippen molar-refractivity contribution in [2.75, 3.05) is 41.1 Å². The lowest BCUT2D eigenvalue weighted by atomic mass is 9.41. The summed E-state index contributed by atoms with van der Waals surface area (Å²) in [6.45, 7) is 29.8. The number of nitrogens with zero attached hydrogens (tertiary/aromatic N) is 2. The van der Waals surface area contributed by atoms with Gasteiger partial charge in [0.05, 0.1) is 26.0 Å². The molecule has 12 heteroatoms. The van der Waals surface area contributed by atoms with Crippen molar-refractivity contribution in [2.45, 2.75) is 210 Å². The number of amides is 2. The van der Waals surface area contributed by atoms with Gasteiger partial charge in [-0.3, -0.25) is 29.3 Å². The molecule has 11 rings (SSSR count). The minimum atomic E-state index is -0.422. The lowest BCUT2D eigenvalue weighted by molar-refractivity contribution is -0.181. The van der Waals surface area contributed by atoms with E-state index in [-0.39, 0.29) is 121 Å². The standard InChI is InChI=1S/C34H54N2O5.C27H44N2O3/c1-19(2)29(40)35-26-13-14-33-17-34(33)25(12-11-24(33)30(26,7)18-41-23(6)38)31(8)15-20(3)28(21(4)36(10)22(5)37)32(31,9)16-27(34)39;1-16(29(5)6)22-17(30)11-24(3)19-8-7-18-23(2)14-32-15-28-20(23)9-10-26(18)13-27(19,26)21(31)12-25(22,24)4/h19-21,24-26,28H,11-18H2,1-10H3,(H,35,40);16-20,22,28,30H,7-15H2,1-6H3/t20-,21?,24?,25?,26+,28-,30+,31+,32-,33?,34+;16?,17-,18?,19?,20+,22+,23+,24+,25-,26?,27+/m11/s1. The molecule has 11 fully saturated rings. The van der Waals surface area contributed by atoms with Crippen molar-refractivity contribution in [2.24, 2.45) is 101 Å². The molecule has 1 saturated heterocycles. The first-order valence-corrected chi connectivity index (χ1v) is 29.3. The number of hydrogen-bond acceptors (Lipinski definition) is 10. The van der Waals surface area contributed by atoms with Crippen molar-refractivity contribution in [3.63, 3.8) is 0 Å². The number of carbonyl (C=O) groups excluding carboxylic acids is 5. The summed E-state index contributed by atoms with van der Waals surface area (Å²) in [4.78, 5) is 70.4. The van der Waals surface area contributed by atoms with Gasteiger partial charge in [0.1, 0.15) is 11.6 Å². The van der Waals surface area contributed by atoms with Crippen molar-refractivity contribution < 1.29 is 38.6 Å². The zero-order chi connectivity index (χ0) is 53.4. The van der Waals surface area contributed by atoms with Gasteiger partial charge in [0.15, 0.2) is 0 Å². The second-order valence-electron chi connectivity index (χ2n) is 29.8. The molecule has 1 heterocycles. The van der Waals surface area contributed by atoms with Crippen LogP contribution in [0, 0.1) is 101 Å². The number of esters is 1. The number of carbonyl (C=O) groups is 5.